The van der Waals surface area contributed by atoms with E-state index in [0.717, 1.165) is 29.3 Å². The highest BCUT2D eigenvalue weighted by Crippen LogP contribution is 2.19. The highest BCUT2D eigenvalue weighted by molar-refractivity contribution is 7.09. The number of nitrogens with one attached hydrogen (secondary N) is 2. The van der Waals surface area contributed by atoms with E-state index in [1.165, 1.54) is 0 Å². The molecule has 0 saturated carbocycles. The molecule has 0 radical (unpaired) electrons. The number of rotatable bonds is 7. The van der Waals surface area contributed by atoms with Crippen LogP contribution in [0.3, 0.4) is 0 Å². The molecule has 2 aromatic rings. The molecule has 2 N–H and O–H groups in total. The minimum absolute atomic E-state index is 0.0261. The smallest absolute Gasteiger partial charge is 0.239 e. The number of amides is 1. The van der Waals surface area contributed by atoms with E-state index in [2.05, 4.69) is 10.6 Å². The predicted molar refractivity (Wildman–Crippen MR) is 90.9 cm³/mol. The number of carbonyl (C=O) groups is 1. The second kappa shape index (κ2) is 7.99. The van der Waals surface area contributed by atoms with Crippen molar-refractivity contribution in [3.05, 3.63) is 46.7 Å². The summed E-state index contributed by atoms with van der Waals surface area (Å²) < 4.78 is 11.1. The molecule has 1 fully saturated rings. The molecule has 2 heterocycles. The van der Waals surface area contributed by atoms with Crippen molar-refractivity contribution in [1.29, 1.82) is 0 Å². The molecule has 1 aromatic heterocycles. The van der Waals surface area contributed by atoms with Crippen LogP contribution in [0.5, 0.6) is 5.75 Å². The summed E-state index contributed by atoms with van der Waals surface area (Å²) >= 11 is 1.64. The fraction of sp³-hybridized carbons (Fsp3) is 0.353. The van der Waals surface area contributed by atoms with Crippen LogP contribution in [-0.4, -0.2) is 31.8 Å². The van der Waals surface area contributed by atoms with Crippen LogP contribution in [0.1, 0.15) is 11.3 Å². The molecule has 0 bridgehead atoms. The first-order valence-electron chi connectivity index (χ1n) is 7.67. The zero-order valence-corrected chi connectivity index (χ0v) is 13.6. The Morgan fingerprint density at radius 2 is 2.17 bits per heavy atom. The van der Waals surface area contributed by atoms with Gasteiger partial charge in [0, 0.05) is 17.0 Å². The summed E-state index contributed by atoms with van der Waals surface area (Å²) in [6.07, 6.45) is 1.08. The van der Waals surface area contributed by atoms with Crippen molar-refractivity contribution in [2.45, 2.75) is 19.1 Å². The summed E-state index contributed by atoms with van der Waals surface area (Å²) in [6.45, 7) is 2.26. The maximum atomic E-state index is 11.8. The third-order valence-electron chi connectivity index (χ3n) is 3.54. The highest BCUT2D eigenvalue weighted by atomic mass is 32.1. The molecule has 122 valence electrons. The lowest BCUT2D eigenvalue weighted by atomic mass is 10.3. The van der Waals surface area contributed by atoms with Crippen molar-refractivity contribution in [1.82, 2.24) is 5.32 Å². The van der Waals surface area contributed by atoms with E-state index in [-0.39, 0.29) is 18.6 Å². The van der Waals surface area contributed by atoms with Crippen LogP contribution in [0.2, 0.25) is 0 Å². The van der Waals surface area contributed by atoms with E-state index < -0.39 is 0 Å². The van der Waals surface area contributed by atoms with E-state index in [1.807, 2.05) is 41.8 Å². The van der Waals surface area contributed by atoms with Crippen molar-refractivity contribution < 1.29 is 14.3 Å². The molecule has 0 spiro atoms. The molecule has 6 heteroatoms. The van der Waals surface area contributed by atoms with Crippen molar-refractivity contribution in [3.8, 4) is 5.75 Å². The molecule has 1 saturated heterocycles. The van der Waals surface area contributed by atoms with Crippen molar-refractivity contribution in [2.24, 2.45) is 0 Å². The van der Waals surface area contributed by atoms with E-state index >= 15 is 0 Å². The van der Waals surface area contributed by atoms with Crippen LogP contribution >= 0.6 is 11.3 Å². The Balaban J connectivity index is 1.40. The number of thiophene rings is 1. The Bertz CT molecular complexity index is 607. The van der Waals surface area contributed by atoms with Crippen LogP contribution < -0.4 is 15.4 Å². The molecule has 0 unspecified atom stereocenters. The zero-order valence-electron chi connectivity index (χ0n) is 12.8. The Hall–Kier alpha value is -2.05. The fourth-order valence-electron chi connectivity index (χ4n) is 2.29. The van der Waals surface area contributed by atoms with Gasteiger partial charge in [0.25, 0.3) is 0 Å². The van der Waals surface area contributed by atoms with Gasteiger partial charge in [0.1, 0.15) is 11.9 Å². The normalized spacial score (nSPS) is 17.0. The number of carbonyl (C=O) groups excluding carboxylic acids is 1. The number of hydrogen-bond acceptors (Lipinski definition) is 5. The molecule has 1 aromatic carbocycles. The lowest BCUT2D eigenvalue weighted by molar-refractivity contribution is -0.119. The van der Waals surface area contributed by atoms with Gasteiger partial charge in [-0.25, -0.2) is 0 Å². The molecular formula is C17H20N2O3S. The first-order valence-corrected chi connectivity index (χ1v) is 8.55. The minimum Gasteiger partial charge on any atom is -0.488 e. The molecule has 5 nitrogen and oxygen atoms in total. The van der Waals surface area contributed by atoms with Gasteiger partial charge >= 0.3 is 0 Å². The Labute approximate surface area is 139 Å². The number of anilines is 1. The van der Waals surface area contributed by atoms with Gasteiger partial charge in [0.15, 0.2) is 0 Å². The van der Waals surface area contributed by atoms with Gasteiger partial charge in [-0.05, 0) is 35.7 Å². The Morgan fingerprint density at radius 1 is 1.30 bits per heavy atom. The van der Waals surface area contributed by atoms with Gasteiger partial charge in [-0.2, -0.15) is 0 Å². The van der Waals surface area contributed by atoms with Crippen LogP contribution in [-0.2, 0) is 16.1 Å². The SMILES string of the molecule is O=C(CNc1ccc(O[C@H]2CCOC2)cc1)NCc1cccs1. The van der Waals surface area contributed by atoms with E-state index in [1.54, 1.807) is 11.3 Å². The van der Waals surface area contributed by atoms with E-state index in [9.17, 15) is 4.79 Å². The largest absolute Gasteiger partial charge is 0.488 e. The molecule has 1 aliphatic heterocycles. The monoisotopic (exact) mass is 332 g/mol. The second-order valence-electron chi connectivity index (χ2n) is 5.34. The third-order valence-corrected chi connectivity index (χ3v) is 4.41. The minimum atomic E-state index is -0.0261. The Kier molecular flexibility index (Phi) is 5.50. The van der Waals surface area contributed by atoms with Crippen LogP contribution in [0.4, 0.5) is 5.69 Å². The van der Waals surface area contributed by atoms with E-state index in [4.69, 9.17) is 9.47 Å². The second-order valence-corrected chi connectivity index (χ2v) is 6.37. The van der Waals surface area contributed by atoms with Gasteiger partial charge in [-0.15, -0.1) is 11.3 Å². The van der Waals surface area contributed by atoms with Gasteiger partial charge in [0.05, 0.1) is 26.3 Å². The average Bonchev–Trinajstić information content (AvgIpc) is 3.26. The molecule has 3 rings (SSSR count). The molecule has 23 heavy (non-hydrogen) atoms. The lowest BCUT2D eigenvalue weighted by Gasteiger charge is -2.12. The summed E-state index contributed by atoms with van der Waals surface area (Å²) in [5.74, 6) is 0.801. The summed E-state index contributed by atoms with van der Waals surface area (Å²) in [6, 6.07) is 11.6. The third kappa shape index (κ3) is 4.97. The quantitative estimate of drug-likeness (QED) is 0.818. The topological polar surface area (TPSA) is 59.6 Å². The standard InChI is InChI=1S/C17H20N2O3S/c20-17(19-10-16-2-1-9-23-16)11-18-13-3-5-14(6-4-13)22-15-7-8-21-12-15/h1-6,9,15,18H,7-8,10-12H2,(H,19,20)/t15-/m0/s1. The number of hydrogen-bond donors (Lipinski definition) is 2. The van der Waals surface area contributed by atoms with Gasteiger partial charge in [-0.1, -0.05) is 6.07 Å². The van der Waals surface area contributed by atoms with Crippen LogP contribution in [0, 0.1) is 0 Å². The van der Waals surface area contributed by atoms with Crippen LogP contribution in [0.15, 0.2) is 41.8 Å². The van der Waals surface area contributed by atoms with Crippen molar-refractivity contribution >= 4 is 22.9 Å². The van der Waals surface area contributed by atoms with Gasteiger partial charge in [-0.3, -0.25) is 4.79 Å². The summed E-state index contributed by atoms with van der Waals surface area (Å²) in [7, 11) is 0. The summed E-state index contributed by atoms with van der Waals surface area (Å²) in [4.78, 5) is 12.9. The first-order chi connectivity index (χ1) is 11.3. The maximum absolute atomic E-state index is 11.8. The van der Waals surface area contributed by atoms with E-state index in [0.29, 0.717) is 13.2 Å². The summed E-state index contributed by atoms with van der Waals surface area (Å²) in [5, 5.41) is 7.99. The highest BCUT2D eigenvalue weighted by Gasteiger charge is 2.16. The van der Waals surface area contributed by atoms with Gasteiger partial charge < -0.3 is 20.1 Å². The maximum Gasteiger partial charge on any atom is 0.239 e. The molecule has 1 amide bonds. The zero-order chi connectivity index (χ0) is 15.9. The van der Waals surface area contributed by atoms with Crippen molar-refractivity contribution in [3.63, 3.8) is 0 Å². The molecule has 1 atom stereocenters. The Morgan fingerprint density at radius 3 is 2.87 bits per heavy atom. The molecular weight excluding hydrogens is 312 g/mol. The van der Waals surface area contributed by atoms with Crippen LogP contribution in [0.25, 0.3) is 0 Å². The first kappa shape index (κ1) is 15.8. The lowest BCUT2D eigenvalue weighted by Crippen LogP contribution is -2.29. The molecule has 0 aliphatic carbocycles. The average molecular weight is 332 g/mol. The van der Waals surface area contributed by atoms with Gasteiger partial charge in [0.2, 0.25) is 5.91 Å². The number of ether oxygens (including phenoxy) is 2. The summed E-state index contributed by atoms with van der Waals surface area (Å²) in [5.41, 5.74) is 0.895. The predicted octanol–water partition coefficient (Wildman–Crippen LogP) is 2.64. The molecule has 1 aliphatic rings. The number of benzene rings is 1. The van der Waals surface area contributed by atoms with Crippen molar-refractivity contribution in [2.75, 3.05) is 25.1 Å². The fourth-order valence-corrected chi connectivity index (χ4v) is 2.94.